The summed E-state index contributed by atoms with van der Waals surface area (Å²) in [6, 6.07) is 0. The smallest absolute Gasteiger partial charge is 0.0547 e. The average molecular weight is 146 g/mol. The van der Waals surface area contributed by atoms with Crippen LogP contribution in [0, 0.1) is 5.92 Å². The summed E-state index contributed by atoms with van der Waals surface area (Å²) in [7, 11) is 0. The summed E-state index contributed by atoms with van der Waals surface area (Å²) >= 11 is 0. The van der Waals surface area contributed by atoms with E-state index in [0.717, 1.165) is 12.8 Å². The van der Waals surface area contributed by atoms with Crippen LogP contribution in [0.15, 0.2) is 0 Å². The predicted octanol–water partition coefficient (Wildman–Crippen LogP) is -1.11. The standard InChI is InChI=1S/C6H18N4/c1-4(6(9)10)2-3-5(7)8/h4-6H,2-3,7-10H2,1H3. The Morgan fingerprint density at radius 1 is 1.00 bits per heavy atom. The lowest BCUT2D eigenvalue weighted by molar-refractivity contribution is 0.405. The first kappa shape index (κ1) is 9.84. The summed E-state index contributed by atoms with van der Waals surface area (Å²) in [6.45, 7) is 1.99. The van der Waals surface area contributed by atoms with Gasteiger partial charge in [-0.15, -0.1) is 0 Å². The largest absolute Gasteiger partial charge is 0.316 e. The van der Waals surface area contributed by atoms with Gasteiger partial charge in [-0.1, -0.05) is 6.92 Å². The Morgan fingerprint density at radius 2 is 1.50 bits per heavy atom. The van der Waals surface area contributed by atoms with Crippen molar-refractivity contribution in [1.82, 2.24) is 0 Å². The Morgan fingerprint density at radius 3 is 1.80 bits per heavy atom. The van der Waals surface area contributed by atoms with Crippen LogP contribution in [-0.2, 0) is 0 Å². The van der Waals surface area contributed by atoms with E-state index in [1.807, 2.05) is 6.92 Å². The van der Waals surface area contributed by atoms with E-state index in [1.54, 1.807) is 0 Å². The van der Waals surface area contributed by atoms with Crippen molar-refractivity contribution in [3.63, 3.8) is 0 Å². The van der Waals surface area contributed by atoms with Gasteiger partial charge in [-0.3, -0.25) is 0 Å². The lowest BCUT2D eigenvalue weighted by Gasteiger charge is -2.15. The molecule has 4 heteroatoms. The van der Waals surface area contributed by atoms with Gasteiger partial charge in [0.05, 0.1) is 12.3 Å². The fourth-order valence-electron chi connectivity index (χ4n) is 0.648. The van der Waals surface area contributed by atoms with Gasteiger partial charge >= 0.3 is 0 Å². The third-order valence-electron chi connectivity index (χ3n) is 1.61. The molecule has 1 unspecified atom stereocenters. The fraction of sp³-hybridized carbons (Fsp3) is 1.00. The minimum atomic E-state index is -0.251. The molecule has 0 aromatic carbocycles. The SMILES string of the molecule is CC(CCC(N)N)C(N)N. The van der Waals surface area contributed by atoms with Crippen molar-refractivity contribution in [2.45, 2.75) is 32.1 Å². The summed E-state index contributed by atoms with van der Waals surface area (Å²) in [5.41, 5.74) is 21.5. The summed E-state index contributed by atoms with van der Waals surface area (Å²) in [6.07, 6.45) is 1.20. The van der Waals surface area contributed by atoms with Crippen LogP contribution < -0.4 is 22.9 Å². The van der Waals surface area contributed by atoms with Crippen LogP contribution in [0.25, 0.3) is 0 Å². The number of hydrogen-bond acceptors (Lipinski definition) is 4. The summed E-state index contributed by atoms with van der Waals surface area (Å²) < 4.78 is 0. The van der Waals surface area contributed by atoms with Gasteiger partial charge in [-0.2, -0.15) is 0 Å². The van der Waals surface area contributed by atoms with Crippen LogP contribution in [0.2, 0.25) is 0 Å². The van der Waals surface area contributed by atoms with Crippen molar-refractivity contribution in [2.24, 2.45) is 28.9 Å². The second-order valence-corrected chi connectivity index (χ2v) is 2.80. The Bertz CT molecular complexity index is 81.8. The van der Waals surface area contributed by atoms with Gasteiger partial charge in [0.1, 0.15) is 0 Å². The fourth-order valence-corrected chi connectivity index (χ4v) is 0.648. The highest BCUT2D eigenvalue weighted by Gasteiger charge is 2.07. The van der Waals surface area contributed by atoms with Crippen LogP contribution in [-0.4, -0.2) is 12.3 Å². The van der Waals surface area contributed by atoms with E-state index < -0.39 is 0 Å². The molecule has 0 amide bonds. The highest BCUT2D eigenvalue weighted by molar-refractivity contribution is 4.64. The first-order chi connectivity index (χ1) is 4.54. The Labute approximate surface area is 61.9 Å². The average Bonchev–Trinajstić information content (AvgIpc) is 1.82. The summed E-state index contributed by atoms with van der Waals surface area (Å²) in [5, 5.41) is 0. The zero-order chi connectivity index (χ0) is 8.15. The van der Waals surface area contributed by atoms with Crippen molar-refractivity contribution >= 4 is 0 Å². The van der Waals surface area contributed by atoms with Crippen LogP contribution >= 0.6 is 0 Å². The minimum Gasteiger partial charge on any atom is -0.316 e. The first-order valence-corrected chi connectivity index (χ1v) is 3.56. The van der Waals surface area contributed by atoms with E-state index in [9.17, 15) is 0 Å². The van der Waals surface area contributed by atoms with Gasteiger partial charge in [0.2, 0.25) is 0 Å². The molecule has 0 rings (SSSR count). The quantitative estimate of drug-likeness (QED) is 0.377. The van der Waals surface area contributed by atoms with Crippen LogP contribution in [0.3, 0.4) is 0 Å². The molecule has 0 spiro atoms. The highest BCUT2D eigenvalue weighted by atomic mass is 14.9. The molecule has 0 aliphatic carbocycles. The molecule has 0 saturated heterocycles. The zero-order valence-corrected chi connectivity index (χ0v) is 6.46. The summed E-state index contributed by atoms with van der Waals surface area (Å²) in [4.78, 5) is 0. The third-order valence-corrected chi connectivity index (χ3v) is 1.61. The van der Waals surface area contributed by atoms with Gasteiger partial charge in [-0.05, 0) is 18.8 Å². The molecule has 0 fully saturated rings. The molecule has 62 valence electrons. The topological polar surface area (TPSA) is 104 Å². The summed E-state index contributed by atoms with van der Waals surface area (Å²) in [5.74, 6) is 0.301. The van der Waals surface area contributed by atoms with E-state index in [1.165, 1.54) is 0 Å². The lowest BCUT2D eigenvalue weighted by Crippen LogP contribution is -2.39. The predicted molar refractivity (Wildman–Crippen MR) is 42.7 cm³/mol. The van der Waals surface area contributed by atoms with Crippen molar-refractivity contribution in [1.29, 1.82) is 0 Å². The van der Waals surface area contributed by atoms with E-state index in [2.05, 4.69) is 0 Å². The highest BCUT2D eigenvalue weighted by Crippen LogP contribution is 2.05. The third kappa shape index (κ3) is 4.69. The molecule has 10 heavy (non-hydrogen) atoms. The molecule has 0 aromatic rings. The van der Waals surface area contributed by atoms with Crippen LogP contribution in [0.5, 0.6) is 0 Å². The maximum absolute atomic E-state index is 5.42. The van der Waals surface area contributed by atoms with Gasteiger partial charge in [0.25, 0.3) is 0 Å². The molecule has 4 nitrogen and oxygen atoms in total. The minimum absolute atomic E-state index is 0.235. The Hall–Kier alpha value is -0.160. The van der Waals surface area contributed by atoms with Crippen molar-refractivity contribution < 1.29 is 0 Å². The molecule has 0 bridgehead atoms. The van der Waals surface area contributed by atoms with Gasteiger partial charge in [-0.25, -0.2) is 0 Å². The molecule has 0 saturated carbocycles. The lowest BCUT2D eigenvalue weighted by atomic mass is 10.0. The Balaban J connectivity index is 3.30. The first-order valence-electron chi connectivity index (χ1n) is 3.56. The zero-order valence-electron chi connectivity index (χ0n) is 6.46. The van der Waals surface area contributed by atoms with E-state index in [-0.39, 0.29) is 12.3 Å². The molecular weight excluding hydrogens is 128 g/mol. The molecule has 8 N–H and O–H groups in total. The monoisotopic (exact) mass is 146 g/mol. The second-order valence-electron chi connectivity index (χ2n) is 2.80. The van der Waals surface area contributed by atoms with E-state index in [0.29, 0.717) is 5.92 Å². The molecular formula is C6H18N4. The normalized spacial score (nSPS) is 14.7. The molecule has 0 aliphatic rings. The molecule has 0 heterocycles. The van der Waals surface area contributed by atoms with Gasteiger partial charge in [0, 0.05) is 0 Å². The van der Waals surface area contributed by atoms with Crippen LogP contribution in [0.4, 0.5) is 0 Å². The second kappa shape index (κ2) is 4.62. The molecule has 0 aliphatic heterocycles. The van der Waals surface area contributed by atoms with Gasteiger partial charge in [0.15, 0.2) is 0 Å². The maximum Gasteiger partial charge on any atom is 0.0547 e. The van der Waals surface area contributed by atoms with Gasteiger partial charge < -0.3 is 22.9 Å². The molecule has 0 aromatic heterocycles. The molecule has 0 radical (unpaired) electrons. The molecule has 1 atom stereocenters. The number of rotatable bonds is 4. The van der Waals surface area contributed by atoms with Crippen molar-refractivity contribution in [2.75, 3.05) is 0 Å². The van der Waals surface area contributed by atoms with Crippen LogP contribution in [0.1, 0.15) is 19.8 Å². The van der Waals surface area contributed by atoms with Crippen molar-refractivity contribution in [3.8, 4) is 0 Å². The number of nitrogens with two attached hydrogens (primary N) is 4. The maximum atomic E-state index is 5.42. The van der Waals surface area contributed by atoms with E-state index in [4.69, 9.17) is 22.9 Å². The van der Waals surface area contributed by atoms with Crippen molar-refractivity contribution in [3.05, 3.63) is 0 Å². The number of hydrogen-bond donors (Lipinski definition) is 4. The van der Waals surface area contributed by atoms with E-state index >= 15 is 0 Å². The Kier molecular flexibility index (Phi) is 4.55.